The van der Waals surface area contributed by atoms with E-state index in [1.165, 1.54) is 28.6 Å². The van der Waals surface area contributed by atoms with Gasteiger partial charge in [-0.25, -0.2) is 4.68 Å². The molecule has 0 unspecified atom stereocenters. The number of nitrogens with zero attached hydrogens (tertiary/aromatic N) is 4. The lowest BCUT2D eigenvalue weighted by Crippen LogP contribution is -2.24. The summed E-state index contributed by atoms with van der Waals surface area (Å²) in [6.45, 7) is 8.15. The Kier molecular flexibility index (Phi) is 5.78. The zero-order valence-corrected chi connectivity index (χ0v) is 18.6. The first-order chi connectivity index (χ1) is 13.9. The topological polar surface area (TPSA) is 85.8 Å². The Morgan fingerprint density at radius 3 is 3.00 bits per heavy atom. The molecule has 1 aliphatic rings. The number of carbonyl (C=O) groups is 1. The van der Waals surface area contributed by atoms with Crippen LogP contribution in [0.4, 0.5) is 5.82 Å². The maximum absolute atomic E-state index is 12.6. The van der Waals surface area contributed by atoms with Crippen molar-refractivity contribution in [2.45, 2.75) is 63.5 Å². The smallest absolute Gasteiger partial charge is 0.277 e. The number of anilines is 1. The van der Waals surface area contributed by atoms with Gasteiger partial charge in [0.1, 0.15) is 5.82 Å². The van der Waals surface area contributed by atoms with E-state index >= 15 is 0 Å². The van der Waals surface area contributed by atoms with E-state index in [0.29, 0.717) is 16.9 Å². The van der Waals surface area contributed by atoms with Gasteiger partial charge in [-0.2, -0.15) is 5.10 Å². The van der Waals surface area contributed by atoms with Crippen LogP contribution in [0.15, 0.2) is 28.0 Å². The molecule has 0 spiro atoms. The third-order valence-corrected chi connectivity index (χ3v) is 7.16. The summed E-state index contributed by atoms with van der Waals surface area (Å²) < 4.78 is 7.62. The first kappa shape index (κ1) is 20.2. The Morgan fingerprint density at radius 1 is 1.38 bits per heavy atom. The number of thiophene rings is 1. The molecule has 29 heavy (non-hydrogen) atoms. The van der Waals surface area contributed by atoms with Crippen LogP contribution in [-0.2, 0) is 17.6 Å². The van der Waals surface area contributed by atoms with Crippen molar-refractivity contribution >= 4 is 34.8 Å². The van der Waals surface area contributed by atoms with Crippen molar-refractivity contribution in [1.29, 1.82) is 0 Å². The van der Waals surface area contributed by atoms with Crippen molar-refractivity contribution in [1.82, 2.24) is 20.0 Å². The van der Waals surface area contributed by atoms with Gasteiger partial charge in [-0.15, -0.1) is 21.5 Å². The van der Waals surface area contributed by atoms with Gasteiger partial charge < -0.3 is 9.73 Å². The van der Waals surface area contributed by atoms with Gasteiger partial charge in [0.15, 0.2) is 0 Å². The minimum atomic E-state index is -0.379. The van der Waals surface area contributed by atoms with Crippen LogP contribution in [0.2, 0.25) is 0 Å². The van der Waals surface area contributed by atoms with Crippen LogP contribution in [0.25, 0.3) is 10.8 Å². The highest BCUT2D eigenvalue weighted by atomic mass is 32.2. The van der Waals surface area contributed by atoms with Crippen LogP contribution >= 0.6 is 23.1 Å². The Labute approximate surface area is 178 Å². The standard InChI is InChI=1S/C20H25N5O2S2/c1-11(2)25-17(7-8-21-25)22-18(26)13(4)28-20-24-23-19(27-20)16-10-14-9-12(3)5-6-15(14)29-16/h7-8,10-13H,5-6,9H2,1-4H3,(H,22,26)/t12-,13+/m0/s1. The predicted octanol–water partition coefficient (Wildman–Crippen LogP) is 4.82. The van der Waals surface area contributed by atoms with Crippen molar-refractivity contribution in [3.63, 3.8) is 0 Å². The molecular weight excluding hydrogens is 406 g/mol. The monoisotopic (exact) mass is 431 g/mol. The number of carbonyl (C=O) groups excluding carboxylic acids is 1. The fraction of sp³-hybridized carbons (Fsp3) is 0.500. The minimum Gasteiger partial charge on any atom is -0.410 e. The van der Waals surface area contributed by atoms with E-state index in [2.05, 4.69) is 33.6 Å². The van der Waals surface area contributed by atoms with E-state index in [4.69, 9.17) is 4.42 Å². The first-order valence-corrected chi connectivity index (χ1v) is 11.6. The van der Waals surface area contributed by atoms with Crippen molar-refractivity contribution in [2.24, 2.45) is 5.92 Å². The Morgan fingerprint density at radius 2 is 2.21 bits per heavy atom. The highest BCUT2D eigenvalue weighted by molar-refractivity contribution is 8.00. The summed E-state index contributed by atoms with van der Waals surface area (Å²) in [5.41, 5.74) is 1.41. The molecule has 0 bridgehead atoms. The number of fused-ring (bicyclic) bond motifs is 1. The Hall–Kier alpha value is -2.13. The number of aryl methyl sites for hydroxylation is 1. The number of hydrogen-bond acceptors (Lipinski definition) is 7. The quantitative estimate of drug-likeness (QED) is 0.563. The van der Waals surface area contributed by atoms with Gasteiger partial charge in [0.2, 0.25) is 5.91 Å². The Balaban J connectivity index is 1.41. The summed E-state index contributed by atoms with van der Waals surface area (Å²) in [6, 6.07) is 4.14. The SMILES string of the molecule is CC(C)n1nccc1NC(=O)[C@@H](C)Sc1nnc(-c2cc3c(s2)CC[C@H](C)C3)o1. The van der Waals surface area contributed by atoms with Gasteiger partial charge >= 0.3 is 0 Å². The third-order valence-electron chi connectivity index (χ3n) is 5.00. The highest BCUT2D eigenvalue weighted by Gasteiger charge is 2.23. The second kappa shape index (κ2) is 8.31. The molecule has 0 fully saturated rings. The zero-order valence-electron chi connectivity index (χ0n) is 17.0. The van der Waals surface area contributed by atoms with Crippen LogP contribution in [0.5, 0.6) is 0 Å². The lowest BCUT2D eigenvalue weighted by atomic mass is 9.90. The number of nitrogens with one attached hydrogen (secondary N) is 1. The molecule has 0 aliphatic heterocycles. The second-order valence-electron chi connectivity index (χ2n) is 7.78. The summed E-state index contributed by atoms with van der Waals surface area (Å²) >= 11 is 3.00. The van der Waals surface area contributed by atoms with E-state index in [-0.39, 0.29) is 17.2 Å². The molecular formula is C20H25N5O2S2. The minimum absolute atomic E-state index is 0.127. The van der Waals surface area contributed by atoms with Crippen LogP contribution in [0.1, 0.15) is 50.6 Å². The average Bonchev–Trinajstić information content (AvgIpc) is 3.39. The van der Waals surface area contributed by atoms with Crippen LogP contribution in [-0.4, -0.2) is 31.1 Å². The van der Waals surface area contributed by atoms with Gasteiger partial charge in [-0.3, -0.25) is 4.79 Å². The van der Waals surface area contributed by atoms with E-state index in [9.17, 15) is 4.79 Å². The van der Waals surface area contributed by atoms with Crippen LogP contribution in [0.3, 0.4) is 0 Å². The fourth-order valence-corrected chi connectivity index (χ4v) is 5.24. The molecule has 4 rings (SSSR count). The summed E-state index contributed by atoms with van der Waals surface area (Å²) in [6.07, 6.45) is 5.16. The molecule has 0 radical (unpaired) electrons. The molecule has 0 saturated heterocycles. The van der Waals surface area contributed by atoms with Crippen molar-refractivity contribution < 1.29 is 9.21 Å². The molecule has 0 aromatic carbocycles. The summed E-state index contributed by atoms with van der Waals surface area (Å²) in [5.74, 6) is 1.81. The Bertz CT molecular complexity index is 1010. The number of aromatic nitrogens is 4. The van der Waals surface area contributed by atoms with E-state index in [1.54, 1.807) is 28.3 Å². The summed E-state index contributed by atoms with van der Waals surface area (Å²) in [4.78, 5) is 15.0. The summed E-state index contributed by atoms with van der Waals surface area (Å²) in [7, 11) is 0. The van der Waals surface area contributed by atoms with Gasteiger partial charge in [0.25, 0.3) is 11.1 Å². The second-order valence-corrected chi connectivity index (χ2v) is 10.2. The van der Waals surface area contributed by atoms with E-state index in [1.807, 2.05) is 20.8 Å². The van der Waals surface area contributed by atoms with Gasteiger partial charge in [0, 0.05) is 17.0 Å². The maximum Gasteiger partial charge on any atom is 0.277 e. The van der Waals surface area contributed by atoms with E-state index in [0.717, 1.165) is 23.6 Å². The first-order valence-electron chi connectivity index (χ1n) is 9.87. The molecule has 3 heterocycles. The number of hydrogen-bond donors (Lipinski definition) is 1. The van der Waals surface area contributed by atoms with Crippen molar-refractivity contribution in [2.75, 3.05) is 5.32 Å². The molecule has 1 amide bonds. The third kappa shape index (κ3) is 4.40. The molecule has 1 aliphatic carbocycles. The lowest BCUT2D eigenvalue weighted by molar-refractivity contribution is -0.115. The molecule has 0 saturated carbocycles. The highest BCUT2D eigenvalue weighted by Crippen LogP contribution is 2.37. The molecule has 2 atom stereocenters. The predicted molar refractivity (Wildman–Crippen MR) is 115 cm³/mol. The molecule has 1 N–H and O–H groups in total. The zero-order chi connectivity index (χ0) is 20.5. The largest absolute Gasteiger partial charge is 0.410 e. The summed E-state index contributed by atoms with van der Waals surface area (Å²) in [5, 5.41) is 15.5. The molecule has 3 aromatic rings. The van der Waals surface area contributed by atoms with E-state index < -0.39 is 0 Å². The van der Waals surface area contributed by atoms with Crippen LogP contribution in [0, 0.1) is 5.92 Å². The number of amides is 1. The average molecular weight is 432 g/mol. The number of thioether (sulfide) groups is 1. The van der Waals surface area contributed by atoms with Gasteiger partial charge in [-0.05, 0) is 57.6 Å². The molecule has 3 aromatic heterocycles. The van der Waals surface area contributed by atoms with Crippen molar-refractivity contribution in [3.05, 3.63) is 28.8 Å². The normalized spacial score (nSPS) is 17.3. The van der Waals surface area contributed by atoms with Gasteiger partial charge in [0.05, 0.1) is 16.3 Å². The fourth-order valence-electron chi connectivity index (χ4n) is 3.43. The van der Waals surface area contributed by atoms with Crippen LogP contribution < -0.4 is 5.32 Å². The molecule has 154 valence electrons. The molecule has 7 nitrogen and oxygen atoms in total. The van der Waals surface area contributed by atoms with Gasteiger partial charge in [-0.1, -0.05) is 18.7 Å². The maximum atomic E-state index is 12.6. The molecule has 9 heteroatoms. The van der Waals surface area contributed by atoms with Crippen molar-refractivity contribution in [3.8, 4) is 10.8 Å². The number of rotatable bonds is 6. The lowest BCUT2D eigenvalue weighted by Gasteiger charge is -2.16.